The van der Waals surface area contributed by atoms with Crippen molar-refractivity contribution in [2.24, 2.45) is 0 Å². The Bertz CT molecular complexity index is 969. The van der Waals surface area contributed by atoms with E-state index in [4.69, 9.17) is 0 Å². The molecule has 0 bridgehead atoms. The summed E-state index contributed by atoms with van der Waals surface area (Å²) in [4.78, 5) is 2.49. The number of anilines is 1. The normalized spacial score (nSPS) is 17.6. The first-order valence-corrected chi connectivity index (χ1v) is 9.82. The predicted octanol–water partition coefficient (Wildman–Crippen LogP) is 5.37. The molecular formula is C22H20N2S. The number of aromatic nitrogens is 1. The van der Waals surface area contributed by atoms with Crippen LogP contribution in [0.25, 0.3) is 21.8 Å². The molecule has 1 fully saturated rings. The number of para-hydroxylation sites is 3. The smallest absolute Gasteiger partial charge is 0.0644 e. The van der Waals surface area contributed by atoms with Gasteiger partial charge >= 0.3 is 0 Å². The molecule has 1 aliphatic heterocycles. The van der Waals surface area contributed by atoms with Crippen LogP contribution in [0.15, 0.2) is 78.9 Å². The molecule has 1 aliphatic rings. The fourth-order valence-electron chi connectivity index (χ4n) is 3.88. The van der Waals surface area contributed by atoms with E-state index in [2.05, 4.69) is 100 Å². The van der Waals surface area contributed by atoms with Gasteiger partial charge in [-0.25, -0.2) is 0 Å². The monoisotopic (exact) mass is 344 g/mol. The van der Waals surface area contributed by atoms with Gasteiger partial charge in [0.25, 0.3) is 0 Å². The third-order valence-corrected chi connectivity index (χ3v) is 6.31. The Morgan fingerprint density at radius 3 is 2.04 bits per heavy atom. The molecule has 0 radical (unpaired) electrons. The van der Waals surface area contributed by atoms with Crippen LogP contribution in [0.2, 0.25) is 0 Å². The highest BCUT2D eigenvalue weighted by Crippen LogP contribution is 2.33. The Morgan fingerprint density at radius 2 is 1.36 bits per heavy atom. The molecule has 2 heterocycles. The van der Waals surface area contributed by atoms with E-state index in [9.17, 15) is 0 Å². The fraction of sp³-hybridized carbons (Fsp3) is 0.182. The lowest BCUT2D eigenvalue weighted by Crippen LogP contribution is -2.23. The molecule has 1 atom stereocenters. The zero-order valence-corrected chi connectivity index (χ0v) is 14.8. The summed E-state index contributed by atoms with van der Waals surface area (Å²) in [7, 11) is 0. The minimum absolute atomic E-state index is 0.611. The fourth-order valence-corrected chi connectivity index (χ4v) is 5.06. The molecule has 5 rings (SSSR count). The standard InChI is InChI=1S/C22H20N2S/c1-2-8-17(9-3-1)23-14-18(25-16-23)15-24-21-12-6-4-10-19(21)20-11-5-7-13-22(20)24/h1-13,18H,14-16H2/t18-/m0/s1. The number of rotatable bonds is 3. The van der Waals surface area contributed by atoms with E-state index in [1.165, 1.54) is 27.5 Å². The Labute approximate surface area is 152 Å². The SMILES string of the molecule is c1ccc(N2CS[C@H](Cn3c4ccccc4c4ccccc43)C2)cc1. The predicted molar refractivity (Wildman–Crippen MR) is 109 cm³/mol. The molecule has 0 amide bonds. The molecule has 3 heteroatoms. The van der Waals surface area contributed by atoms with Crippen molar-refractivity contribution in [3.8, 4) is 0 Å². The molecule has 4 aromatic rings. The first-order valence-electron chi connectivity index (χ1n) is 8.78. The van der Waals surface area contributed by atoms with Crippen LogP contribution in [0.3, 0.4) is 0 Å². The highest BCUT2D eigenvalue weighted by Gasteiger charge is 2.24. The van der Waals surface area contributed by atoms with Crippen LogP contribution in [0.5, 0.6) is 0 Å². The molecule has 0 saturated carbocycles. The Kier molecular flexibility index (Phi) is 3.67. The van der Waals surface area contributed by atoms with E-state index in [0.717, 1.165) is 19.0 Å². The van der Waals surface area contributed by atoms with Gasteiger partial charge in [-0.15, -0.1) is 11.8 Å². The van der Waals surface area contributed by atoms with Crippen LogP contribution >= 0.6 is 11.8 Å². The number of hydrogen-bond donors (Lipinski definition) is 0. The second-order valence-corrected chi connectivity index (χ2v) is 7.88. The van der Waals surface area contributed by atoms with Gasteiger partial charge in [0.2, 0.25) is 0 Å². The zero-order chi connectivity index (χ0) is 16.6. The second-order valence-electron chi connectivity index (χ2n) is 6.62. The summed E-state index contributed by atoms with van der Waals surface area (Å²) >= 11 is 2.07. The van der Waals surface area contributed by atoms with Crippen molar-refractivity contribution in [2.75, 3.05) is 17.3 Å². The Morgan fingerprint density at radius 1 is 0.760 bits per heavy atom. The number of fused-ring (bicyclic) bond motifs is 3. The largest absolute Gasteiger partial charge is 0.361 e. The summed E-state index contributed by atoms with van der Waals surface area (Å²) in [5.41, 5.74) is 4.03. The lowest BCUT2D eigenvalue weighted by atomic mass is 10.2. The molecule has 1 aromatic heterocycles. The minimum Gasteiger partial charge on any atom is -0.361 e. The molecular weight excluding hydrogens is 324 g/mol. The van der Waals surface area contributed by atoms with Gasteiger partial charge in [-0.1, -0.05) is 54.6 Å². The van der Waals surface area contributed by atoms with Crippen LogP contribution in [-0.4, -0.2) is 22.2 Å². The van der Waals surface area contributed by atoms with E-state index in [-0.39, 0.29) is 0 Å². The van der Waals surface area contributed by atoms with Gasteiger partial charge in [0.1, 0.15) is 0 Å². The van der Waals surface area contributed by atoms with Gasteiger partial charge in [0, 0.05) is 45.8 Å². The van der Waals surface area contributed by atoms with Crippen LogP contribution in [0, 0.1) is 0 Å². The number of thioether (sulfide) groups is 1. The highest BCUT2D eigenvalue weighted by molar-refractivity contribution is 8.00. The Balaban J connectivity index is 1.48. The minimum atomic E-state index is 0.611. The zero-order valence-electron chi connectivity index (χ0n) is 14.0. The second kappa shape index (κ2) is 6.16. The molecule has 0 spiro atoms. The van der Waals surface area contributed by atoms with Crippen molar-refractivity contribution in [1.29, 1.82) is 0 Å². The number of nitrogens with zero attached hydrogens (tertiary/aromatic N) is 2. The van der Waals surface area contributed by atoms with Crippen molar-refractivity contribution in [2.45, 2.75) is 11.8 Å². The van der Waals surface area contributed by atoms with Crippen molar-refractivity contribution < 1.29 is 0 Å². The van der Waals surface area contributed by atoms with Gasteiger partial charge in [-0.2, -0.15) is 0 Å². The first kappa shape index (κ1) is 14.9. The molecule has 2 nitrogen and oxygen atoms in total. The third-order valence-electron chi connectivity index (χ3n) is 5.08. The lowest BCUT2D eigenvalue weighted by Gasteiger charge is -2.18. The number of hydrogen-bond acceptors (Lipinski definition) is 2. The quantitative estimate of drug-likeness (QED) is 0.493. The van der Waals surface area contributed by atoms with Crippen LogP contribution in [0.4, 0.5) is 5.69 Å². The lowest BCUT2D eigenvalue weighted by molar-refractivity contribution is 0.703. The summed E-state index contributed by atoms with van der Waals surface area (Å²) in [6, 6.07) is 28.3. The van der Waals surface area contributed by atoms with Crippen LogP contribution < -0.4 is 4.90 Å². The van der Waals surface area contributed by atoms with Crippen LogP contribution in [-0.2, 0) is 6.54 Å². The molecule has 0 unspecified atom stereocenters. The van der Waals surface area contributed by atoms with Gasteiger partial charge < -0.3 is 9.47 Å². The molecule has 1 saturated heterocycles. The first-order chi connectivity index (χ1) is 12.4. The van der Waals surface area contributed by atoms with E-state index in [0.29, 0.717) is 5.25 Å². The van der Waals surface area contributed by atoms with Gasteiger partial charge in [-0.3, -0.25) is 0 Å². The summed E-state index contributed by atoms with van der Waals surface area (Å²) in [6.07, 6.45) is 0. The van der Waals surface area contributed by atoms with Crippen LogP contribution in [0.1, 0.15) is 0 Å². The average Bonchev–Trinajstić information content (AvgIpc) is 3.27. The van der Waals surface area contributed by atoms with Gasteiger partial charge in [0.05, 0.1) is 5.88 Å². The van der Waals surface area contributed by atoms with Gasteiger partial charge in [-0.05, 0) is 24.3 Å². The van der Waals surface area contributed by atoms with Crippen molar-refractivity contribution in [3.05, 3.63) is 78.9 Å². The summed E-state index contributed by atoms with van der Waals surface area (Å²) in [5, 5.41) is 3.33. The highest BCUT2D eigenvalue weighted by atomic mass is 32.2. The Hall–Kier alpha value is -2.39. The maximum absolute atomic E-state index is 2.51. The van der Waals surface area contributed by atoms with E-state index in [1.54, 1.807) is 0 Å². The molecule has 124 valence electrons. The summed E-state index contributed by atoms with van der Waals surface area (Å²) in [5.74, 6) is 1.08. The average molecular weight is 344 g/mol. The van der Waals surface area contributed by atoms with E-state index < -0.39 is 0 Å². The maximum atomic E-state index is 2.51. The van der Waals surface area contributed by atoms with E-state index in [1.807, 2.05) is 0 Å². The molecule has 0 aliphatic carbocycles. The van der Waals surface area contributed by atoms with Crippen molar-refractivity contribution in [3.63, 3.8) is 0 Å². The molecule has 0 N–H and O–H groups in total. The van der Waals surface area contributed by atoms with Crippen molar-refractivity contribution in [1.82, 2.24) is 4.57 Å². The van der Waals surface area contributed by atoms with Crippen molar-refractivity contribution >= 4 is 39.3 Å². The summed E-state index contributed by atoms with van der Waals surface area (Å²) in [6.45, 7) is 2.16. The summed E-state index contributed by atoms with van der Waals surface area (Å²) < 4.78 is 2.51. The maximum Gasteiger partial charge on any atom is 0.0644 e. The molecule has 25 heavy (non-hydrogen) atoms. The van der Waals surface area contributed by atoms with Gasteiger partial charge in [0.15, 0.2) is 0 Å². The molecule has 3 aromatic carbocycles. The topological polar surface area (TPSA) is 8.17 Å². The number of benzene rings is 3. The van der Waals surface area contributed by atoms with E-state index >= 15 is 0 Å². The third kappa shape index (κ3) is 2.59.